The number of para-hydroxylation sites is 1. The highest BCUT2D eigenvalue weighted by Crippen LogP contribution is 2.22. The minimum Gasteiger partial charge on any atom is -0.493 e. The number of ether oxygens (including phenoxy) is 1. The third-order valence-electron chi connectivity index (χ3n) is 3.62. The molecule has 0 saturated heterocycles. The van der Waals surface area contributed by atoms with Gasteiger partial charge in [0.1, 0.15) is 5.75 Å². The second-order valence-electron chi connectivity index (χ2n) is 5.35. The molecule has 0 heterocycles. The van der Waals surface area contributed by atoms with Crippen molar-refractivity contribution in [3.63, 3.8) is 0 Å². The third kappa shape index (κ3) is 4.36. The first-order chi connectivity index (χ1) is 10.2. The van der Waals surface area contributed by atoms with Crippen LogP contribution in [0.3, 0.4) is 0 Å². The Morgan fingerprint density at radius 1 is 1.05 bits per heavy atom. The number of aryl methyl sites for hydroxylation is 2. The Kier molecular flexibility index (Phi) is 5.40. The third-order valence-corrected chi connectivity index (χ3v) is 3.62. The van der Waals surface area contributed by atoms with Crippen LogP contribution in [-0.4, -0.2) is 6.61 Å². The maximum absolute atomic E-state index is 9.32. The first-order valence-corrected chi connectivity index (χ1v) is 7.35. The van der Waals surface area contributed by atoms with Crippen LogP contribution in [0.4, 0.5) is 0 Å². The van der Waals surface area contributed by atoms with Crippen LogP contribution in [0.5, 0.6) is 5.75 Å². The van der Waals surface area contributed by atoms with E-state index in [-0.39, 0.29) is 5.92 Å². The van der Waals surface area contributed by atoms with Gasteiger partial charge in [-0.2, -0.15) is 5.26 Å². The van der Waals surface area contributed by atoms with Gasteiger partial charge in [-0.05, 0) is 43.9 Å². The van der Waals surface area contributed by atoms with Gasteiger partial charge >= 0.3 is 0 Å². The largest absolute Gasteiger partial charge is 0.493 e. The molecule has 0 fully saturated rings. The van der Waals surface area contributed by atoms with Crippen LogP contribution in [-0.2, 0) is 0 Å². The van der Waals surface area contributed by atoms with Crippen molar-refractivity contribution >= 4 is 0 Å². The monoisotopic (exact) mass is 279 g/mol. The van der Waals surface area contributed by atoms with E-state index in [1.807, 2.05) is 43.3 Å². The average Bonchev–Trinajstić information content (AvgIpc) is 2.50. The van der Waals surface area contributed by atoms with Gasteiger partial charge in [0, 0.05) is 0 Å². The Morgan fingerprint density at radius 3 is 2.43 bits per heavy atom. The molecule has 2 rings (SSSR count). The summed E-state index contributed by atoms with van der Waals surface area (Å²) in [5.74, 6) is 0.882. The van der Waals surface area contributed by atoms with E-state index in [0.717, 1.165) is 29.7 Å². The Bertz CT molecular complexity index is 610. The molecule has 2 heteroatoms. The van der Waals surface area contributed by atoms with E-state index in [1.54, 1.807) is 0 Å². The van der Waals surface area contributed by atoms with Gasteiger partial charge in [0.05, 0.1) is 18.6 Å². The van der Waals surface area contributed by atoms with E-state index >= 15 is 0 Å². The molecule has 0 aliphatic rings. The van der Waals surface area contributed by atoms with Gasteiger partial charge in [0.2, 0.25) is 0 Å². The lowest BCUT2D eigenvalue weighted by Crippen LogP contribution is -2.02. The molecule has 0 aliphatic heterocycles. The molecule has 0 saturated carbocycles. The summed E-state index contributed by atoms with van der Waals surface area (Å²) in [4.78, 5) is 0. The van der Waals surface area contributed by atoms with Gasteiger partial charge < -0.3 is 4.74 Å². The number of rotatable bonds is 6. The van der Waals surface area contributed by atoms with E-state index in [1.165, 1.54) is 5.56 Å². The molecule has 108 valence electrons. The number of benzene rings is 2. The lowest BCUT2D eigenvalue weighted by atomic mass is 9.95. The molecule has 2 aromatic carbocycles. The summed E-state index contributed by atoms with van der Waals surface area (Å²) in [6.45, 7) is 4.75. The topological polar surface area (TPSA) is 33.0 Å². The summed E-state index contributed by atoms with van der Waals surface area (Å²) < 4.78 is 5.78. The molecular formula is C19H21NO. The predicted octanol–water partition coefficient (Wildman–Crippen LogP) is 4.77. The lowest BCUT2D eigenvalue weighted by Gasteiger charge is -2.11. The molecule has 0 aliphatic carbocycles. The molecule has 2 aromatic rings. The molecule has 0 bridgehead atoms. The van der Waals surface area contributed by atoms with E-state index < -0.39 is 0 Å². The minimum absolute atomic E-state index is 0.0499. The molecule has 1 unspecified atom stereocenters. The minimum atomic E-state index is -0.0499. The van der Waals surface area contributed by atoms with E-state index in [2.05, 4.69) is 25.1 Å². The van der Waals surface area contributed by atoms with Crippen molar-refractivity contribution in [2.75, 3.05) is 6.61 Å². The Hall–Kier alpha value is -2.27. The normalized spacial score (nSPS) is 11.7. The summed E-state index contributed by atoms with van der Waals surface area (Å²) >= 11 is 0. The van der Waals surface area contributed by atoms with Gasteiger partial charge in [-0.3, -0.25) is 0 Å². The molecule has 0 amide bonds. The van der Waals surface area contributed by atoms with Gasteiger partial charge in [-0.25, -0.2) is 0 Å². The van der Waals surface area contributed by atoms with Gasteiger partial charge in [0.15, 0.2) is 0 Å². The zero-order valence-electron chi connectivity index (χ0n) is 12.7. The second kappa shape index (κ2) is 7.50. The summed E-state index contributed by atoms with van der Waals surface area (Å²) in [5.41, 5.74) is 3.46. The highest BCUT2D eigenvalue weighted by Gasteiger charge is 2.10. The predicted molar refractivity (Wildman–Crippen MR) is 85.4 cm³/mol. The van der Waals surface area contributed by atoms with Gasteiger partial charge in [-0.1, -0.05) is 48.0 Å². The van der Waals surface area contributed by atoms with Crippen molar-refractivity contribution in [2.24, 2.45) is 0 Å². The van der Waals surface area contributed by atoms with Crippen molar-refractivity contribution in [1.82, 2.24) is 0 Å². The van der Waals surface area contributed by atoms with Crippen LogP contribution in [0.2, 0.25) is 0 Å². The summed E-state index contributed by atoms with van der Waals surface area (Å²) in [6.07, 6.45) is 1.70. The van der Waals surface area contributed by atoms with Crippen molar-refractivity contribution in [1.29, 1.82) is 5.26 Å². The molecule has 21 heavy (non-hydrogen) atoms. The maximum atomic E-state index is 9.32. The fraction of sp³-hybridized carbons (Fsp3) is 0.316. The van der Waals surface area contributed by atoms with Crippen molar-refractivity contribution < 1.29 is 4.74 Å². The highest BCUT2D eigenvalue weighted by atomic mass is 16.5. The Balaban J connectivity index is 1.83. The lowest BCUT2D eigenvalue weighted by molar-refractivity contribution is 0.303. The maximum Gasteiger partial charge on any atom is 0.122 e. The Labute approximate surface area is 127 Å². The summed E-state index contributed by atoms with van der Waals surface area (Å²) in [7, 11) is 0. The van der Waals surface area contributed by atoms with Gasteiger partial charge in [-0.15, -0.1) is 0 Å². The van der Waals surface area contributed by atoms with Crippen LogP contribution in [0.25, 0.3) is 0 Å². The van der Waals surface area contributed by atoms with Gasteiger partial charge in [0.25, 0.3) is 0 Å². The van der Waals surface area contributed by atoms with Crippen LogP contribution in [0.1, 0.15) is 35.4 Å². The number of nitriles is 1. The van der Waals surface area contributed by atoms with Crippen molar-refractivity contribution in [2.45, 2.75) is 32.6 Å². The number of hydrogen-bond acceptors (Lipinski definition) is 2. The molecule has 1 atom stereocenters. The van der Waals surface area contributed by atoms with E-state index in [0.29, 0.717) is 6.61 Å². The zero-order valence-corrected chi connectivity index (χ0v) is 12.7. The quantitative estimate of drug-likeness (QED) is 0.713. The summed E-state index contributed by atoms with van der Waals surface area (Å²) in [6, 6.07) is 18.6. The summed E-state index contributed by atoms with van der Waals surface area (Å²) in [5, 5.41) is 9.32. The number of hydrogen-bond donors (Lipinski definition) is 0. The van der Waals surface area contributed by atoms with Crippen LogP contribution < -0.4 is 4.74 Å². The average molecular weight is 279 g/mol. The fourth-order valence-electron chi connectivity index (χ4n) is 2.29. The van der Waals surface area contributed by atoms with Crippen molar-refractivity contribution in [3.8, 4) is 11.8 Å². The van der Waals surface area contributed by atoms with Crippen LogP contribution >= 0.6 is 0 Å². The zero-order chi connectivity index (χ0) is 15.1. The second-order valence-corrected chi connectivity index (χ2v) is 5.35. The number of nitrogens with zero attached hydrogens (tertiary/aromatic N) is 1. The standard InChI is InChI=1S/C19H21NO/c1-15-9-11-17(12-10-15)18(14-20)7-5-13-21-19-8-4-3-6-16(19)2/h3-4,6,8-12,18H,5,7,13H2,1-2H3. The molecule has 0 aromatic heterocycles. The smallest absolute Gasteiger partial charge is 0.122 e. The first kappa shape index (κ1) is 15.1. The van der Waals surface area contributed by atoms with E-state index in [9.17, 15) is 5.26 Å². The molecule has 2 nitrogen and oxygen atoms in total. The molecule has 0 spiro atoms. The molecular weight excluding hydrogens is 258 g/mol. The van der Waals surface area contributed by atoms with Crippen LogP contribution in [0, 0.1) is 25.2 Å². The fourth-order valence-corrected chi connectivity index (χ4v) is 2.29. The molecule has 0 radical (unpaired) electrons. The Morgan fingerprint density at radius 2 is 1.76 bits per heavy atom. The SMILES string of the molecule is Cc1ccc(C(C#N)CCCOc2ccccc2C)cc1. The first-order valence-electron chi connectivity index (χ1n) is 7.35. The van der Waals surface area contributed by atoms with Crippen molar-refractivity contribution in [3.05, 3.63) is 65.2 Å². The van der Waals surface area contributed by atoms with Crippen LogP contribution in [0.15, 0.2) is 48.5 Å². The highest BCUT2D eigenvalue weighted by molar-refractivity contribution is 5.31. The van der Waals surface area contributed by atoms with E-state index in [4.69, 9.17) is 4.74 Å². The molecule has 0 N–H and O–H groups in total.